The van der Waals surface area contributed by atoms with Gasteiger partial charge in [0.15, 0.2) is 0 Å². The second-order valence-corrected chi connectivity index (χ2v) is 8.96. The Balaban J connectivity index is 1.49. The van der Waals surface area contributed by atoms with Crippen LogP contribution in [0.1, 0.15) is 67.0 Å². The molecule has 4 bridgehead atoms. The second kappa shape index (κ2) is 4.51. The number of alkyl halides is 1. The third kappa shape index (κ3) is 1.94. The highest BCUT2D eigenvalue weighted by atomic mass is 35.5. The molecular formula is C20H25Cl. The molecule has 21 heavy (non-hydrogen) atoms. The standard InChI is InChI=1S/C20H25Cl/c21-19(18-5-4-16-2-1-3-17(16)9-18)20-10-13-6-14(11-20)8-15(7-13)12-20/h4-5,9,13-15,19H,1-3,6-8,10-12H2. The molecule has 0 saturated heterocycles. The van der Waals surface area contributed by atoms with Gasteiger partial charge in [-0.25, -0.2) is 0 Å². The van der Waals surface area contributed by atoms with E-state index in [1.54, 1.807) is 11.1 Å². The van der Waals surface area contributed by atoms with Gasteiger partial charge in [0, 0.05) is 0 Å². The van der Waals surface area contributed by atoms with Gasteiger partial charge in [-0.1, -0.05) is 18.2 Å². The molecule has 0 N–H and O–H groups in total. The predicted molar refractivity (Wildman–Crippen MR) is 87.7 cm³/mol. The molecule has 1 aromatic rings. The van der Waals surface area contributed by atoms with Crippen LogP contribution in [0.25, 0.3) is 0 Å². The van der Waals surface area contributed by atoms with Crippen LogP contribution in [0, 0.1) is 23.2 Å². The maximum atomic E-state index is 7.13. The zero-order valence-electron chi connectivity index (χ0n) is 12.8. The zero-order chi connectivity index (χ0) is 14.0. The minimum atomic E-state index is 0.261. The predicted octanol–water partition coefficient (Wildman–Crippen LogP) is 5.67. The molecule has 1 aromatic carbocycles. The average Bonchev–Trinajstić information content (AvgIpc) is 2.92. The van der Waals surface area contributed by atoms with Crippen molar-refractivity contribution in [2.75, 3.05) is 0 Å². The molecule has 0 radical (unpaired) electrons. The summed E-state index contributed by atoms with van der Waals surface area (Å²) in [6, 6.07) is 7.17. The maximum Gasteiger partial charge on any atom is 0.0641 e. The van der Waals surface area contributed by atoms with Gasteiger partial charge in [0.05, 0.1) is 5.38 Å². The van der Waals surface area contributed by atoms with Crippen molar-refractivity contribution in [2.24, 2.45) is 23.2 Å². The van der Waals surface area contributed by atoms with Crippen LogP contribution < -0.4 is 0 Å². The Hall–Kier alpha value is -0.490. The fourth-order valence-corrected chi connectivity index (χ4v) is 6.99. The van der Waals surface area contributed by atoms with Crippen LogP contribution in [0.5, 0.6) is 0 Å². The number of rotatable bonds is 2. The summed E-state index contributed by atoms with van der Waals surface area (Å²) in [4.78, 5) is 0. The number of benzene rings is 1. The van der Waals surface area contributed by atoms with Gasteiger partial charge < -0.3 is 0 Å². The lowest BCUT2D eigenvalue weighted by Gasteiger charge is -2.58. The van der Waals surface area contributed by atoms with Crippen molar-refractivity contribution in [1.82, 2.24) is 0 Å². The molecule has 0 amide bonds. The SMILES string of the molecule is ClC(c1ccc2c(c1)CCC2)C12CC3CC(CC(C3)C1)C2. The van der Waals surface area contributed by atoms with Crippen LogP contribution in [0.3, 0.4) is 0 Å². The molecule has 1 heteroatoms. The molecule has 0 aromatic heterocycles. The molecule has 0 spiro atoms. The monoisotopic (exact) mass is 300 g/mol. The van der Waals surface area contributed by atoms with Gasteiger partial charge in [-0.2, -0.15) is 0 Å². The third-order valence-corrected chi connectivity index (χ3v) is 7.75. The summed E-state index contributed by atoms with van der Waals surface area (Å²) in [5.74, 6) is 2.98. The van der Waals surface area contributed by atoms with Gasteiger partial charge >= 0.3 is 0 Å². The van der Waals surface area contributed by atoms with E-state index in [4.69, 9.17) is 11.6 Å². The second-order valence-electron chi connectivity index (χ2n) is 8.52. The van der Waals surface area contributed by atoms with E-state index in [1.165, 1.54) is 63.4 Å². The van der Waals surface area contributed by atoms with Crippen molar-refractivity contribution >= 4 is 11.6 Å². The van der Waals surface area contributed by atoms with Crippen LogP contribution in [0.15, 0.2) is 18.2 Å². The smallest absolute Gasteiger partial charge is 0.0641 e. The number of halogens is 1. The Morgan fingerprint density at radius 1 is 0.905 bits per heavy atom. The van der Waals surface area contributed by atoms with Crippen molar-refractivity contribution in [3.8, 4) is 0 Å². The van der Waals surface area contributed by atoms with Crippen LogP contribution in [-0.4, -0.2) is 0 Å². The average molecular weight is 301 g/mol. The molecule has 4 saturated carbocycles. The zero-order valence-corrected chi connectivity index (χ0v) is 13.5. The molecule has 1 atom stereocenters. The third-order valence-electron chi connectivity index (χ3n) is 7.04. The molecule has 5 aliphatic carbocycles. The molecule has 5 aliphatic rings. The van der Waals surface area contributed by atoms with Crippen molar-refractivity contribution in [3.05, 3.63) is 34.9 Å². The van der Waals surface area contributed by atoms with Crippen molar-refractivity contribution in [1.29, 1.82) is 0 Å². The number of aryl methyl sites for hydroxylation is 2. The first-order valence-corrected chi connectivity index (χ1v) is 9.41. The summed E-state index contributed by atoms with van der Waals surface area (Å²) in [7, 11) is 0. The molecular weight excluding hydrogens is 276 g/mol. The van der Waals surface area contributed by atoms with E-state index in [1.807, 2.05) is 0 Å². The molecule has 6 rings (SSSR count). The highest BCUT2D eigenvalue weighted by Crippen LogP contribution is 2.65. The lowest BCUT2D eigenvalue weighted by molar-refractivity contribution is -0.0552. The van der Waals surface area contributed by atoms with Gasteiger partial charge in [-0.05, 0) is 97.6 Å². The molecule has 1 unspecified atom stereocenters. The fraction of sp³-hybridized carbons (Fsp3) is 0.700. The van der Waals surface area contributed by atoms with E-state index in [2.05, 4.69) is 18.2 Å². The minimum Gasteiger partial charge on any atom is -0.117 e. The van der Waals surface area contributed by atoms with E-state index >= 15 is 0 Å². The highest BCUT2D eigenvalue weighted by Gasteiger charge is 2.54. The highest BCUT2D eigenvalue weighted by molar-refractivity contribution is 6.21. The maximum absolute atomic E-state index is 7.13. The van der Waals surface area contributed by atoms with Crippen molar-refractivity contribution in [2.45, 2.75) is 63.2 Å². The van der Waals surface area contributed by atoms with Crippen molar-refractivity contribution in [3.63, 3.8) is 0 Å². The van der Waals surface area contributed by atoms with E-state index in [9.17, 15) is 0 Å². The Morgan fingerprint density at radius 3 is 2.19 bits per heavy atom. The summed E-state index contributed by atoms with van der Waals surface area (Å²) in [5, 5.41) is 0.261. The van der Waals surface area contributed by atoms with E-state index in [0.29, 0.717) is 5.41 Å². The van der Waals surface area contributed by atoms with Crippen LogP contribution in [0.4, 0.5) is 0 Å². The lowest BCUT2D eigenvalue weighted by atomic mass is 9.48. The molecule has 0 heterocycles. The number of hydrogen-bond acceptors (Lipinski definition) is 0. The summed E-state index contributed by atoms with van der Waals surface area (Å²) in [6.07, 6.45) is 12.6. The Morgan fingerprint density at radius 2 is 1.52 bits per heavy atom. The fourth-order valence-electron chi connectivity index (χ4n) is 6.59. The normalized spacial score (nSPS) is 41.3. The van der Waals surface area contributed by atoms with Gasteiger partial charge in [-0.3, -0.25) is 0 Å². The molecule has 0 nitrogen and oxygen atoms in total. The topological polar surface area (TPSA) is 0 Å². The Kier molecular flexibility index (Phi) is 2.79. The molecule has 112 valence electrons. The quantitative estimate of drug-likeness (QED) is 0.617. The van der Waals surface area contributed by atoms with Gasteiger partial charge in [0.1, 0.15) is 0 Å². The van der Waals surface area contributed by atoms with Gasteiger partial charge in [0.2, 0.25) is 0 Å². The summed E-state index contributed by atoms with van der Waals surface area (Å²) in [5.41, 5.74) is 5.03. The van der Waals surface area contributed by atoms with Gasteiger partial charge in [-0.15, -0.1) is 11.6 Å². The van der Waals surface area contributed by atoms with Crippen LogP contribution >= 0.6 is 11.6 Å². The van der Waals surface area contributed by atoms with Crippen LogP contribution in [-0.2, 0) is 12.8 Å². The number of fused-ring (bicyclic) bond motifs is 1. The summed E-state index contributed by atoms with van der Waals surface area (Å²) in [6.45, 7) is 0. The molecule has 0 aliphatic heterocycles. The largest absolute Gasteiger partial charge is 0.117 e. The van der Waals surface area contributed by atoms with Gasteiger partial charge in [0.25, 0.3) is 0 Å². The molecule has 4 fully saturated rings. The first-order valence-electron chi connectivity index (χ1n) is 8.98. The van der Waals surface area contributed by atoms with Crippen molar-refractivity contribution < 1.29 is 0 Å². The lowest BCUT2D eigenvalue weighted by Crippen LogP contribution is -2.47. The first kappa shape index (κ1) is 13.0. The summed E-state index contributed by atoms with van der Waals surface area (Å²) < 4.78 is 0. The summed E-state index contributed by atoms with van der Waals surface area (Å²) >= 11 is 7.13. The first-order chi connectivity index (χ1) is 10.2. The Labute approximate surface area is 133 Å². The minimum absolute atomic E-state index is 0.261. The van der Waals surface area contributed by atoms with E-state index in [-0.39, 0.29) is 5.38 Å². The van der Waals surface area contributed by atoms with E-state index in [0.717, 1.165) is 17.8 Å². The van der Waals surface area contributed by atoms with E-state index < -0.39 is 0 Å². The van der Waals surface area contributed by atoms with Crippen LogP contribution in [0.2, 0.25) is 0 Å². The Bertz CT molecular complexity index is 538. The number of hydrogen-bond donors (Lipinski definition) is 0.